The number of carbonyl (C=O) groups excluding carboxylic acids is 1. The fourth-order valence-corrected chi connectivity index (χ4v) is 3.68. The number of nitrogens with zero attached hydrogens (tertiary/aromatic N) is 2. The van der Waals surface area contributed by atoms with Crippen molar-refractivity contribution in [2.75, 3.05) is 13.1 Å². The Morgan fingerprint density at radius 1 is 1.12 bits per heavy atom. The third-order valence-electron chi connectivity index (χ3n) is 5.28. The summed E-state index contributed by atoms with van der Waals surface area (Å²) in [5, 5.41) is 10.6. The molecule has 142 valence electrons. The van der Waals surface area contributed by atoms with E-state index in [2.05, 4.69) is 4.90 Å². The first-order valence-electron chi connectivity index (χ1n) is 8.91. The largest absolute Gasteiger partial charge is 0.459 e. The zero-order valence-electron chi connectivity index (χ0n) is 14.4. The van der Waals surface area contributed by atoms with E-state index in [0.29, 0.717) is 25.9 Å². The summed E-state index contributed by atoms with van der Waals surface area (Å²) in [6.45, 7) is 0.843. The lowest BCUT2D eigenvalue weighted by atomic mass is 9.90. The molecule has 1 heterocycles. The summed E-state index contributed by atoms with van der Waals surface area (Å²) in [7, 11) is 0. The molecule has 1 aromatic rings. The van der Waals surface area contributed by atoms with Crippen LogP contribution < -0.4 is 0 Å². The van der Waals surface area contributed by atoms with Gasteiger partial charge in [0.25, 0.3) is 11.6 Å². The van der Waals surface area contributed by atoms with Crippen LogP contribution in [-0.2, 0) is 4.74 Å². The molecule has 8 heteroatoms. The molecule has 0 spiro atoms. The number of nitro groups is 1. The highest BCUT2D eigenvalue weighted by Crippen LogP contribution is 2.32. The van der Waals surface area contributed by atoms with Crippen LogP contribution >= 0.6 is 0 Å². The van der Waals surface area contributed by atoms with Crippen molar-refractivity contribution >= 4 is 11.7 Å². The smallest absolute Gasteiger partial charge is 0.338 e. The normalized spacial score (nSPS) is 26.2. The van der Waals surface area contributed by atoms with Crippen molar-refractivity contribution in [3.05, 3.63) is 39.9 Å². The topological polar surface area (TPSA) is 72.7 Å². The van der Waals surface area contributed by atoms with E-state index in [4.69, 9.17) is 4.74 Å². The molecule has 1 aliphatic carbocycles. The first-order chi connectivity index (χ1) is 12.3. The molecule has 1 aromatic carbocycles. The summed E-state index contributed by atoms with van der Waals surface area (Å²) in [4.78, 5) is 24.4. The van der Waals surface area contributed by atoms with Gasteiger partial charge in [0, 0.05) is 44.1 Å². The van der Waals surface area contributed by atoms with Crippen molar-refractivity contribution in [2.24, 2.45) is 0 Å². The molecule has 0 unspecified atom stereocenters. The molecule has 1 saturated heterocycles. The van der Waals surface area contributed by atoms with Crippen molar-refractivity contribution in [1.29, 1.82) is 0 Å². The van der Waals surface area contributed by atoms with Crippen LogP contribution in [0, 0.1) is 10.1 Å². The molecule has 6 nitrogen and oxygen atoms in total. The molecular weight excluding hydrogens is 346 g/mol. The van der Waals surface area contributed by atoms with E-state index in [1.54, 1.807) is 0 Å². The van der Waals surface area contributed by atoms with E-state index in [-0.39, 0.29) is 36.2 Å². The first kappa shape index (κ1) is 18.7. The summed E-state index contributed by atoms with van der Waals surface area (Å²) < 4.78 is 32.0. The van der Waals surface area contributed by atoms with Crippen molar-refractivity contribution in [2.45, 2.75) is 56.6 Å². The van der Waals surface area contributed by atoms with Gasteiger partial charge in [0.15, 0.2) is 0 Å². The van der Waals surface area contributed by atoms with Crippen LogP contribution in [0.5, 0.6) is 0 Å². The van der Waals surface area contributed by atoms with Gasteiger partial charge < -0.3 is 4.74 Å². The van der Waals surface area contributed by atoms with Crippen LogP contribution in [0.4, 0.5) is 14.5 Å². The second kappa shape index (κ2) is 7.65. The SMILES string of the molecule is O=C(OC1CCC(N2CCC(F)(F)CC2)CC1)c1ccc([N+](=O)[O-])cc1. The third kappa shape index (κ3) is 4.55. The summed E-state index contributed by atoms with van der Waals surface area (Å²) in [5.74, 6) is -3.02. The fraction of sp³-hybridized carbons (Fsp3) is 0.611. The van der Waals surface area contributed by atoms with Gasteiger partial charge in [-0.25, -0.2) is 13.6 Å². The van der Waals surface area contributed by atoms with Crippen LogP contribution in [0.15, 0.2) is 24.3 Å². The summed E-state index contributed by atoms with van der Waals surface area (Å²) in [5.41, 5.74) is 0.213. The average Bonchev–Trinajstić information content (AvgIpc) is 2.62. The number of alkyl halides is 2. The van der Waals surface area contributed by atoms with Crippen molar-refractivity contribution in [3.8, 4) is 0 Å². The molecule has 3 rings (SSSR count). The monoisotopic (exact) mass is 368 g/mol. The maximum Gasteiger partial charge on any atom is 0.338 e. The van der Waals surface area contributed by atoms with Crippen LogP contribution in [0.25, 0.3) is 0 Å². The number of hydrogen-bond donors (Lipinski definition) is 0. The highest BCUT2D eigenvalue weighted by Gasteiger charge is 2.37. The van der Waals surface area contributed by atoms with E-state index >= 15 is 0 Å². The number of non-ortho nitro benzene ring substituents is 1. The second-order valence-electron chi connectivity index (χ2n) is 7.03. The fourth-order valence-electron chi connectivity index (χ4n) is 3.68. The highest BCUT2D eigenvalue weighted by atomic mass is 19.3. The summed E-state index contributed by atoms with van der Waals surface area (Å²) in [6, 6.07) is 5.61. The Kier molecular flexibility index (Phi) is 5.50. The third-order valence-corrected chi connectivity index (χ3v) is 5.28. The van der Waals surface area contributed by atoms with Gasteiger partial charge in [-0.15, -0.1) is 0 Å². The van der Waals surface area contributed by atoms with E-state index in [1.807, 2.05) is 0 Å². The number of halogens is 2. The quantitative estimate of drug-likeness (QED) is 0.459. The maximum absolute atomic E-state index is 13.3. The number of carbonyl (C=O) groups is 1. The van der Waals surface area contributed by atoms with Crippen LogP contribution in [-0.4, -0.2) is 47.0 Å². The van der Waals surface area contributed by atoms with Gasteiger partial charge in [0.1, 0.15) is 6.10 Å². The Labute approximate surface area is 150 Å². The van der Waals surface area contributed by atoms with Gasteiger partial charge in [-0.05, 0) is 37.8 Å². The molecule has 0 amide bonds. The predicted octanol–water partition coefficient (Wildman–Crippen LogP) is 3.79. The molecule has 2 aliphatic rings. The second-order valence-corrected chi connectivity index (χ2v) is 7.03. The number of benzene rings is 1. The standard InChI is InChI=1S/C18H22F2N2O4/c19-18(20)9-11-21(12-10-18)14-5-7-16(8-6-14)26-17(23)13-1-3-15(4-2-13)22(24)25/h1-4,14,16H,5-12H2. The van der Waals surface area contributed by atoms with E-state index < -0.39 is 16.8 Å². The van der Waals surface area contributed by atoms with Crippen molar-refractivity contribution in [3.63, 3.8) is 0 Å². The van der Waals surface area contributed by atoms with Crippen LogP contribution in [0.3, 0.4) is 0 Å². The number of nitro benzene ring substituents is 1. The molecule has 2 fully saturated rings. The number of rotatable bonds is 4. The Balaban J connectivity index is 1.46. The molecule has 0 atom stereocenters. The van der Waals surface area contributed by atoms with Gasteiger partial charge in [-0.1, -0.05) is 0 Å². The van der Waals surface area contributed by atoms with Gasteiger partial charge in [0.2, 0.25) is 0 Å². The molecule has 1 saturated carbocycles. The lowest BCUT2D eigenvalue weighted by molar-refractivity contribution is -0.384. The number of ether oxygens (including phenoxy) is 1. The summed E-state index contributed by atoms with van der Waals surface area (Å²) >= 11 is 0. The molecule has 0 radical (unpaired) electrons. The Morgan fingerprint density at radius 2 is 1.69 bits per heavy atom. The molecule has 1 aliphatic heterocycles. The molecule has 26 heavy (non-hydrogen) atoms. The van der Waals surface area contributed by atoms with Gasteiger partial charge in [-0.2, -0.15) is 0 Å². The number of hydrogen-bond acceptors (Lipinski definition) is 5. The lowest BCUT2D eigenvalue weighted by Crippen LogP contribution is -2.46. The predicted molar refractivity (Wildman–Crippen MR) is 90.3 cm³/mol. The maximum atomic E-state index is 13.3. The minimum Gasteiger partial charge on any atom is -0.459 e. The van der Waals surface area contributed by atoms with Crippen molar-refractivity contribution < 1.29 is 23.2 Å². The lowest BCUT2D eigenvalue weighted by Gasteiger charge is -2.40. The Bertz CT molecular complexity index is 648. The van der Waals surface area contributed by atoms with Crippen LogP contribution in [0.1, 0.15) is 48.9 Å². The van der Waals surface area contributed by atoms with Gasteiger partial charge in [-0.3, -0.25) is 15.0 Å². The van der Waals surface area contributed by atoms with E-state index in [9.17, 15) is 23.7 Å². The highest BCUT2D eigenvalue weighted by molar-refractivity contribution is 5.89. The average molecular weight is 368 g/mol. The zero-order chi connectivity index (χ0) is 18.7. The van der Waals surface area contributed by atoms with Gasteiger partial charge >= 0.3 is 5.97 Å². The zero-order valence-corrected chi connectivity index (χ0v) is 14.4. The Morgan fingerprint density at radius 3 is 2.23 bits per heavy atom. The van der Waals surface area contributed by atoms with Crippen molar-refractivity contribution in [1.82, 2.24) is 4.90 Å². The van der Waals surface area contributed by atoms with E-state index in [1.165, 1.54) is 24.3 Å². The first-order valence-corrected chi connectivity index (χ1v) is 8.91. The number of likely N-dealkylation sites (tertiary alicyclic amines) is 1. The van der Waals surface area contributed by atoms with Gasteiger partial charge in [0.05, 0.1) is 10.5 Å². The minimum atomic E-state index is -2.53. The molecular formula is C18H22F2N2O4. The molecule has 0 aromatic heterocycles. The summed E-state index contributed by atoms with van der Waals surface area (Å²) in [6.07, 6.45) is 2.70. The minimum absolute atomic E-state index is 0.0748. The number of piperidine rings is 1. The Hall–Kier alpha value is -2.09. The van der Waals surface area contributed by atoms with E-state index in [0.717, 1.165) is 12.8 Å². The molecule has 0 N–H and O–H groups in total. The molecule has 0 bridgehead atoms. The van der Waals surface area contributed by atoms with Crippen LogP contribution in [0.2, 0.25) is 0 Å². The number of esters is 1.